The van der Waals surface area contributed by atoms with Crippen molar-refractivity contribution in [2.75, 3.05) is 19.7 Å². The highest BCUT2D eigenvalue weighted by atomic mass is 16.6. The molecule has 6 heteroatoms. The van der Waals surface area contributed by atoms with E-state index in [-0.39, 0.29) is 23.6 Å². The summed E-state index contributed by atoms with van der Waals surface area (Å²) in [6, 6.07) is 3.17. The Kier molecular flexibility index (Phi) is 4.55. The molecule has 0 radical (unpaired) electrons. The summed E-state index contributed by atoms with van der Waals surface area (Å²) in [4.78, 5) is 17.6. The molecular formula is C15H22N2O4. The van der Waals surface area contributed by atoms with Gasteiger partial charge in [-0.05, 0) is 39.3 Å². The van der Waals surface area contributed by atoms with Crippen LogP contribution in [0.1, 0.15) is 27.2 Å². The largest absolute Gasteiger partial charge is 0.503 e. The summed E-state index contributed by atoms with van der Waals surface area (Å²) in [5.74, 6) is 0.478. The maximum Gasteiger partial charge on any atom is 0.410 e. The molecule has 21 heavy (non-hydrogen) atoms. The molecule has 1 saturated heterocycles. The van der Waals surface area contributed by atoms with E-state index < -0.39 is 5.60 Å². The van der Waals surface area contributed by atoms with Crippen molar-refractivity contribution >= 4 is 6.09 Å². The number of likely N-dealkylation sites (tertiary alicyclic amines) is 1. The lowest BCUT2D eigenvalue weighted by Gasteiger charge is -2.24. The number of carbonyl (C=O) groups excluding carboxylic acids is 1. The summed E-state index contributed by atoms with van der Waals surface area (Å²) in [6.07, 6.45) is 2.13. The fourth-order valence-electron chi connectivity index (χ4n) is 2.15. The summed E-state index contributed by atoms with van der Waals surface area (Å²) >= 11 is 0. The molecule has 6 nitrogen and oxygen atoms in total. The highest BCUT2D eigenvalue weighted by molar-refractivity contribution is 5.68. The fraction of sp³-hybridized carbons (Fsp3) is 0.600. The van der Waals surface area contributed by atoms with Crippen molar-refractivity contribution < 1.29 is 19.4 Å². The normalized spacial score (nSPS) is 18.6. The van der Waals surface area contributed by atoms with Crippen LogP contribution in [0.3, 0.4) is 0 Å². The number of aromatic nitrogens is 1. The first-order chi connectivity index (χ1) is 9.85. The van der Waals surface area contributed by atoms with E-state index in [0.29, 0.717) is 19.7 Å². The van der Waals surface area contributed by atoms with Crippen LogP contribution in [0.2, 0.25) is 0 Å². The van der Waals surface area contributed by atoms with Crippen molar-refractivity contribution in [2.24, 2.45) is 5.92 Å². The maximum atomic E-state index is 11.9. The third-order valence-corrected chi connectivity index (χ3v) is 3.14. The van der Waals surface area contributed by atoms with E-state index in [1.165, 1.54) is 6.07 Å². The van der Waals surface area contributed by atoms with E-state index in [1.54, 1.807) is 17.2 Å². The molecule has 0 bridgehead atoms. The molecule has 116 valence electrons. The number of pyridine rings is 1. The summed E-state index contributed by atoms with van der Waals surface area (Å²) in [5, 5.41) is 9.58. The Labute approximate surface area is 124 Å². The van der Waals surface area contributed by atoms with Gasteiger partial charge in [0.2, 0.25) is 0 Å². The Balaban J connectivity index is 1.80. The van der Waals surface area contributed by atoms with Crippen LogP contribution >= 0.6 is 0 Å². The van der Waals surface area contributed by atoms with Crippen LogP contribution in [0.25, 0.3) is 0 Å². The van der Waals surface area contributed by atoms with Crippen molar-refractivity contribution in [1.82, 2.24) is 9.88 Å². The van der Waals surface area contributed by atoms with Gasteiger partial charge in [-0.15, -0.1) is 0 Å². The molecule has 0 aromatic carbocycles. The van der Waals surface area contributed by atoms with Gasteiger partial charge in [0, 0.05) is 25.2 Å². The molecule has 2 rings (SSSR count). The maximum absolute atomic E-state index is 11.9. The monoisotopic (exact) mass is 294 g/mol. The molecule has 2 heterocycles. The second kappa shape index (κ2) is 6.20. The Bertz CT molecular complexity index is 499. The molecule has 0 unspecified atom stereocenters. The molecule has 1 aromatic rings. The topological polar surface area (TPSA) is 71.9 Å². The zero-order chi connectivity index (χ0) is 15.5. The number of hydrogen-bond donors (Lipinski definition) is 1. The van der Waals surface area contributed by atoms with Gasteiger partial charge in [-0.2, -0.15) is 0 Å². The van der Waals surface area contributed by atoms with Gasteiger partial charge in [0.05, 0.1) is 6.61 Å². The zero-order valence-corrected chi connectivity index (χ0v) is 12.7. The van der Waals surface area contributed by atoms with Gasteiger partial charge in [0.15, 0.2) is 5.75 Å². The minimum Gasteiger partial charge on any atom is -0.503 e. The molecule has 1 N–H and O–H groups in total. The number of carbonyl (C=O) groups is 1. The fourth-order valence-corrected chi connectivity index (χ4v) is 2.15. The summed E-state index contributed by atoms with van der Waals surface area (Å²) < 4.78 is 10.9. The third-order valence-electron chi connectivity index (χ3n) is 3.14. The molecule has 1 amide bonds. The van der Waals surface area contributed by atoms with Crippen LogP contribution in [-0.4, -0.2) is 46.4 Å². The molecule has 0 saturated carbocycles. The van der Waals surface area contributed by atoms with E-state index in [0.717, 1.165) is 6.42 Å². The smallest absolute Gasteiger partial charge is 0.410 e. The van der Waals surface area contributed by atoms with Crippen molar-refractivity contribution in [3.8, 4) is 11.6 Å². The predicted molar refractivity (Wildman–Crippen MR) is 77.3 cm³/mol. The minimum atomic E-state index is -0.481. The van der Waals surface area contributed by atoms with E-state index in [2.05, 4.69) is 4.98 Å². The van der Waals surface area contributed by atoms with Crippen molar-refractivity contribution in [3.63, 3.8) is 0 Å². The highest BCUT2D eigenvalue weighted by Gasteiger charge is 2.30. The second-order valence-corrected chi connectivity index (χ2v) is 6.22. The second-order valence-electron chi connectivity index (χ2n) is 6.22. The van der Waals surface area contributed by atoms with Crippen LogP contribution in [0, 0.1) is 5.92 Å². The van der Waals surface area contributed by atoms with Crippen LogP contribution in [0.15, 0.2) is 18.3 Å². The summed E-state index contributed by atoms with van der Waals surface area (Å²) in [5.41, 5.74) is -0.481. The molecule has 1 aliphatic rings. The molecule has 1 aliphatic heterocycles. The van der Waals surface area contributed by atoms with Gasteiger partial charge < -0.3 is 19.5 Å². The van der Waals surface area contributed by atoms with Gasteiger partial charge in [0.25, 0.3) is 5.88 Å². The van der Waals surface area contributed by atoms with E-state index in [1.807, 2.05) is 20.8 Å². The minimum absolute atomic E-state index is 0.0273. The van der Waals surface area contributed by atoms with Crippen molar-refractivity contribution in [1.29, 1.82) is 0 Å². The van der Waals surface area contributed by atoms with E-state index in [9.17, 15) is 9.90 Å². The van der Waals surface area contributed by atoms with E-state index >= 15 is 0 Å². The van der Waals surface area contributed by atoms with Crippen LogP contribution in [0.5, 0.6) is 11.6 Å². The number of amides is 1. The number of rotatable bonds is 3. The number of hydrogen-bond acceptors (Lipinski definition) is 5. The molecular weight excluding hydrogens is 272 g/mol. The summed E-state index contributed by atoms with van der Waals surface area (Å²) in [6.45, 7) is 7.24. The zero-order valence-electron chi connectivity index (χ0n) is 12.7. The lowest BCUT2D eigenvalue weighted by atomic mass is 10.1. The third kappa shape index (κ3) is 4.51. The van der Waals surface area contributed by atoms with Gasteiger partial charge in [-0.25, -0.2) is 9.78 Å². The highest BCUT2D eigenvalue weighted by Crippen LogP contribution is 2.24. The quantitative estimate of drug-likeness (QED) is 0.927. The van der Waals surface area contributed by atoms with E-state index in [4.69, 9.17) is 9.47 Å². The molecule has 0 spiro atoms. The average Bonchev–Trinajstić information content (AvgIpc) is 2.85. The Morgan fingerprint density at radius 1 is 1.52 bits per heavy atom. The first-order valence-electron chi connectivity index (χ1n) is 7.10. The van der Waals surface area contributed by atoms with Crippen LogP contribution in [0.4, 0.5) is 4.79 Å². The first-order valence-corrected chi connectivity index (χ1v) is 7.10. The van der Waals surface area contributed by atoms with Gasteiger partial charge in [-0.1, -0.05) is 0 Å². The SMILES string of the molecule is CC(C)(C)OC(=O)N1CC[C@@H](COc2ncccc2O)C1. The number of nitrogens with zero attached hydrogens (tertiary/aromatic N) is 2. The lowest BCUT2D eigenvalue weighted by Crippen LogP contribution is -2.35. The summed E-state index contributed by atoms with van der Waals surface area (Å²) in [7, 11) is 0. The Morgan fingerprint density at radius 3 is 2.95 bits per heavy atom. The van der Waals surface area contributed by atoms with Crippen LogP contribution < -0.4 is 4.74 Å². The standard InChI is InChI=1S/C15H22N2O4/c1-15(2,3)21-14(19)17-8-6-11(9-17)10-20-13-12(18)5-4-7-16-13/h4-5,7,11,18H,6,8-10H2,1-3H3/t11-/m1/s1. The van der Waals surface area contributed by atoms with Crippen LogP contribution in [-0.2, 0) is 4.74 Å². The number of ether oxygens (including phenoxy) is 2. The van der Waals surface area contributed by atoms with Crippen molar-refractivity contribution in [2.45, 2.75) is 32.8 Å². The predicted octanol–water partition coefficient (Wildman–Crippen LogP) is 2.42. The van der Waals surface area contributed by atoms with Gasteiger partial charge >= 0.3 is 6.09 Å². The number of aromatic hydroxyl groups is 1. The average molecular weight is 294 g/mol. The van der Waals surface area contributed by atoms with Crippen molar-refractivity contribution in [3.05, 3.63) is 18.3 Å². The first kappa shape index (κ1) is 15.4. The molecule has 1 aromatic heterocycles. The van der Waals surface area contributed by atoms with Gasteiger partial charge in [0.1, 0.15) is 5.60 Å². The lowest BCUT2D eigenvalue weighted by molar-refractivity contribution is 0.0284. The molecule has 1 atom stereocenters. The Morgan fingerprint density at radius 2 is 2.29 bits per heavy atom. The van der Waals surface area contributed by atoms with Gasteiger partial charge in [-0.3, -0.25) is 0 Å². The Hall–Kier alpha value is -1.98. The molecule has 1 fully saturated rings. The molecule has 0 aliphatic carbocycles.